The first-order chi connectivity index (χ1) is 15.5. The van der Waals surface area contributed by atoms with E-state index >= 15 is 0 Å². The molecular formula is C20H17F5N4O3S. The fourth-order valence-corrected chi connectivity index (χ4v) is 4.88. The number of sulfonamides is 1. The Morgan fingerprint density at radius 1 is 1.00 bits per heavy atom. The highest BCUT2D eigenvalue weighted by atomic mass is 32.2. The monoisotopic (exact) mass is 488 g/mol. The topological polar surface area (TPSA) is 79.5 Å². The van der Waals surface area contributed by atoms with Gasteiger partial charge in [0, 0.05) is 37.8 Å². The van der Waals surface area contributed by atoms with E-state index in [1.165, 1.54) is 12.1 Å². The van der Waals surface area contributed by atoms with Crippen LogP contribution in [0, 0.1) is 11.6 Å². The Labute approximate surface area is 185 Å². The summed E-state index contributed by atoms with van der Waals surface area (Å²) in [6.45, 7) is 0.791. The number of nitrogens with zero attached hydrogens (tertiary/aromatic N) is 4. The van der Waals surface area contributed by atoms with Crippen molar-refractivity contribution in [2.24, 2.45) is 0 Å². The molecule has 1 aliphatic heterocycles. The molecule has 4 rings (SSSR count). The third kappa shape index (κ3) is 5.04. The van der Waals surface area contributed by atoms with Crippen molar-refractivity contribution in [2.45, 2.75) is 17.6 Å². The quantitative estimate of drug-likeness (QED) is 0.512. The molecule has 1 saturated heterocycles. The van der Waals surface area contributed by atoms with Crippen LogP contribution in [0.1, 0.15) is 11.5 Å². The Hall–Kier alpha value is -2.90. The molecule has 176 valence electrons. The third-order valence-electron chi connectivity index (χ3n) is 5.12. The lowest BCUT2D eigenvalue weighted by atomic mass is 10.1. The van der Waals surface area contributed by atoms with E-state index in [9.17, 15) is 30.4 Å². The van der Waals surface area contributed by atoms with Crippen LogP contribution in [0.2, 0.25) is 0 Å². The molecule has 0 saturated carbocycles. The largest absolute Gasteiger partial charge is 0.416 e. The summed E-state index contributed by atoms with van der Waals surface area (Å²) in [5.41, 5.74) is -0.682. The number of benzene rings is 2. The first kappa shape index (κ1) is 23.3. The fraction of sp³-hybridized carbons (Fsp3) is 0.300. The van der Waals surface area contributed by atoms with Gasteiger partial charge in [-0.1, -0.05) is 17.3 Å². The van der Waals surface area contributed by atoms with Crippen LogP contribution < -0.4 is 0 Å². The smallest absolute Gasteiger partial charge is 0.338 e. The second-order valence-electron chi connectivity index (χ2n) is 7.35. The highest BCUT2D eigenvalue weighted by Gasteiger charge is 2.32. The number of halogens is 5. The van der Waals surface area contributed by atoms with Crippen LogP contribution >= 0.6 is 0 Å². The van der Waals surface area contributed by atoms with Gasteiger partial charge in [-0.2, -0.15) is 22.5 Å². The van der Waals surface area contributed by atoms with Gasteiger partial charge in [-0.3, -0.25) is 4.90 Å². The maximum Gasteiger partial charge on any atom is 0.416 e. The van der Waals surface area contributed by atoms with E-state index in [1.807, 2.05) is 4.90 Å². The van der Waals surface area contributed by atoms with Crippen LogP contribution in [-0.4, -0.2) is 53.9 Å². The summed E-state index contributed by atoms with van der Waals surface area (Å²) in [7, 11) is -4.13. The van der Waals surface area contributed by atoms with E-state index in [0.29, 0.717) is 6.07 Å². The predicted octanol–water partition coefficient (Wildman–Crippen LogP) is 3.54. The SMILES string of the molecule is O=S(=O)(c1ccc(F)cc1F)N1CCN(Cc2nc(-c3cccc(C(F)(F)F)c3)no2)CC1. The van der Waals surface area contributed by atoms with Crippen molar-refractivity contribution < 1.29 is 34.9 Å². The standard InChI is InChI=1S/C20H17F5N4O3S/c21-15-4-5-17(16(22)11-15)33(30,31)29-8-6-28(7-9-29)12-18-26-19(27-32-18)13-2-1-3-14(10-13)20(23,24)25/h1-5,10-11H,6-9,12H2. The third-order valence-corrected chi connectivity index (χ3v) is 7.05. The van der Waals surface area contributed by atoms with E-state index in [0.717, 1.165) is 28.6 Å². The first-order valence-corrected chi connectivity index (χ1v) is 11.2. The van der Waals surface area contributed by atoms with Crippen molar-refractivity contribution >= 4 is 10.0 Å². The minimum Gasteiger partial charge on any atom is -0.338 e. The molecule has 0 atom stereocenters. The Balaban J connectivity index is 1.40. The number of aromatic nitrogens is 2. The van der Waals surface area contributed by atoms with Crippen molar-refractivity contribution in [2.75, 3.05) is 26.2 Å². The van der Waals surface area contributed by atoms with Crippen LogP contribution in [-0.2, 0) is 22.7 Å². The number of rotatable bonds is 5. The zero-order valence-corrected chi connectivity index (χ0v) is 17.7. The molecule has 2 heterocycles. The Bertz CT molecular complexity index is 1250. The van der Waals surface area contributed by atoms with Gasteiger partial charge in [0.1, 0.15) is 16.5 Å². The lowest BCUT2D eigenvalue weighted by Crippen LogP contribution is -2.48. The second kappa shape index (κ2) is 8.80. The molecule has 0 amide bonds. The van der Waals surface area contributed by atoms with Crippen molar-refractivity contribution in [3.05, 3.63) is 65.6 Å². The number of hydrogen-bond acceptors (Lipinski definition) is 6. The molecule has 7 nitrogen and oxygen atoms in total. The summed E-state index contributed by atoms with van der Waals surface area (Å²) < 4.78 is 97.3. The number of alkyl halides is 3. The molecule has 0 radical (unpaired) electrons. The maximum atomic E-state index is 14.0. The fourth-order valence-electron chi connectivity index (χ4n) is 3.41. The van der Waals surface area contributed by atoms with Crippen LogP contribution in [0.15, 0.2) is 51.9 Å². The normalized spacial score (nSPS) is 16.3. The van der Waals surface area contributed by atoms with Gasteiger partial charge in [0.05, 0.1) is 12.1 Å². The van der Waals surface area contributed by atoms with E-state index in [2.05, 4.69) is 10.1 Å². The van der Waals surface area contributed by atoms with Gasteiger partial charge in [0.25, 0.3) is 0 Å². The van der Waals surface area contributed by atoms with Gasteiger partial charge in [-0.25, -0.2) is 17.2 Å². The molecule has 0 N–H and O–H groups in total. The summed E-state index contributed by atoms with van der Waals surface area (Å²) in [5, 5.41) is 3.73. The molecule has 1 fully saturated rings. The average molecular weight is 488 g/mol. The minimum absolute atomic E-state index is 0.00380. The van der Waals surface area contributed by atoms with Gasteiger partial charge >= 0.3 is 6.18 Å². The van der Waals surface area contributed by atoms with E-state index in [1.54, 1.807) is 0 Å². The summed E-state index contributed by atoms with van der Waals surface area (Å²) >= 11 is 0. The average Bonchev–Trinajstić information content (AvgIpc) is 3.22. The van der Waals surface area contributed by atoms with Crippen molar-refractivity contribution in [1.29, 1.82) is 0 Å². The Kier molecular flexibility index (Phi) is 6.20. The molecule has 1 aromatic heterocycles. The van der Waals surface area contributed by atoms with Gasteiger partial charge < -0.3 is 4.52 Å². The summed E-state index contributed by atoms with van der Waals surface area (Å²) in [5.74, 6) is -1.88. The van der Waals surface area contributed by atoms with Crippen molar-refractivity contribution in [3.8, 4) is 11.4 Å². The molecule has 0 aliphatic carbocycles. The van der Waals surface area contributed by atoms with Crippen molar-refractivity contribution in [3.63, 3.8) is 0 Å². The molecule has 0 spiro atoms. The van der Waals surface area contributed by atoms with E-state index < -0.39 is 38.3 Å². The molecule has 2 aromatic carbocycles. The van der Waals surface area contributed by atoms with E-state index in [4.69, 9.17) is 4.52 Å². The van der Waals surface area contributed by atoms with Crippen molar-refractivity contribution in [1.82, 2.24) is 19.3 Å². The summed E-state index contributed by atoms with van der Waals surface area (Å²) in [6.07, 6.45) is -4.50. The van der Waals surface area contributed by atoms with Crippen LogP contribution in [0.4, 0.5) is 22.0 Å². The molecule has 3 aromatic rings. The Morgan fingerprint density at radius 2 is 1.73 bits per heavy atom. The predicted molar refractivity (Wildman–Crippen MR) is 105 cm³/mol. The highest BCUT2D eigenvalue weighted by Crippen LogP contribution is 2.31. The molecule has 1 aliphatic rings. The molecular weight excluding hydrogens is 471 g/mol. The maximum absolute atomic E-state index is 14.0. The lowest BCUT2D eigenvalue weighted by molar-refractivity contribution is -0.137. The zero-order chi connectivity index (χ0) is 23.8. The number of piperazine rings is 1. The van der Waals surface area contributed by atoms with Crippen LogP contribution in [0.3, 0.4) is 0 Å². The molecule has 33 heavy (non-hydrogen) atoms. The van der Waals surface area contributed by atoms with Gasteiger partial charge in [0.15, 0.2) is 0 Å². The Morgan fingerprint density at radius 3 is 2.39 bits per heavy atom. The zero-order valence-electron chi connectivity index (χ0n) is 16.9. The highest BCUT2D eigenvalue weighted by molar-refractivity contribution is 7.89. The van der Waals surface area contributed by atoms with E-state index in [-0.39, 0.29) is 50.0 Å². The van der Waals surface area contributed by atoms with Gasteiger partial charge in [-0.05, 0) is 24.3 Å². The summed E-state index contributed by atoms with van der Waals surface area (Å²) in [4.78, 5) is 5.35. The summed E-state index contributed by atoms with van der Waals surface area (Å²) in [6, 6.07) is 6.83. The van der Waals surface area contributed by atoms with Crippen LogP contribution in [0.25, 0.3) is 11.4 Å². The number of hydrogen-bond donors (Lipinski definition) is 0. The minimum atomic E-state index is -4.50. The molecule has 0 unspecified atom stereocenters. The lowest BCUT2D eigenvalue weighted by Gasteiger charge is -2.33. The van der Waals surface area contributed by atoms with Gasteiger partial charge in [0.2, 0.25) is 21.7 Å². The molecule has 0 bridgehead atoms. The van der Waals surface area contributed by atoms with Gasteiger partial charge in [-0.15, -0.1) is 0 Å². The molecule has 13 heteroatoms. The first-order valence-electron chi connectivity index (χ1n) is 9.72. The van der Waals surface area contributed by atoms with Crippen LogP contribution in [0.5, 0.6) is 0 Å². The second-order valence-corrected chi connectivity index (χ2v) is 9.25.